The van der Waals surface area contributed by atoms with Gasteiger partial charge in [0, 0.05) is 11.7 Å². The van der Waals surface area contributed by atoms with Gasteiger partial charge in [0.15, 0.2) is 5.16 Å². The SMILES string of the molecule is Cc1ccc(-n2c(SCC(=O)NC3CC3)nc3ccccc32)cc1. The van der Waals surface area contributed by atoms with Gasteiger partial charge in [0.05, 0.1) is 16.8 Å². The Balaban J connectivity index is 1.67. The fraction of sp³-hybridized carbons (Fsp3) is 0.263. The number of hydrogen-bond acceptors (Lipinski definition) is 3. The van der Waals surface area contributed by atoms with Gasteiger partial charge in [0.1, 0.15) is 0 Å². The van der Waals surface area contributed by atoms with Crippen molar-refractivity contribution in [2.75, 3.05) is 5.75 Å². The first-order chi connectivity index (χ1) is 11.7. The summed E-state index contributed by atoms with van der Waals surface area (Å²) in [6.45, 7) is 2.08. The third-order valence-electron chi connectivity index (χ3n) is 4.10. The Hall–Kier alpha value is -2.27. The molecule has 2 aromatic carbocycles. The molecule has 0 radical (unpaired) electrons. The molecule has 1 amide bonds. The molecule has 1 saturated carbocycles. The number of aromatic nitrogens is 2. The minimum absolute atomic E-state index is 0.0880. The third-order valence-corrected chi connectivity index (χ3v) is 5.04. The van der Waals surface area contributed by atoms with Gasteiger partial charge in [-0.15, -0.1) is 0 Å². The van der Waals surface area contributed by atoms with Gasteiger partial charge in [-0.3, -0.25) is 9.36 Å². The molecular weight excluding hydrogens is 318 g/mol. The van der Waals surface area contributed by atoms with Crippen molar-refractivity contribution in [1.82, 2.24) is 14.9 Å². The second kappa shape index (κ2) is 6.32. The Morgan fingerprint density at radius 2 is 1.96 bits per heavy atom. The van der Waals surface area contributed by atoms with E-state index in [1.165, 1.54) is 17.3 Å². The third kappa shape index (κ3) is 3.17. The summed E-state index contributed by atoms with van der Waals surface area (Å²) in [6.07, 6.45) is 2.22. The molecule has 5 heteroatoms. The number of benzene rings is 2. The minimum Gasteiger partial charge on any atom is -0.353 e. The molecule has 0 bridgehead atoms. The first-order valence-corrected chi connectivity index (χ1v) is 9.16. The van der Waals surface area contributed by atoms with Gasteiger partial charge in [-0.1, -0.05) is 41.6 Å². The van der Waals surface area contributed by atoms with Crippen LogP contribution in [0.3, 0.4) is 0 Å². The number of carbonyl (C=O) groups excluding carboxylic acids is 1. The number of thioether (sulfide) groups is 1. The van der Waals surface area contributed by atoms with Crippen molar-refractivity contribution in [2.45, 2.75) is 31.0 Å². The van der Waals surface area contributed by atoms with Crippen molar-refractivity contribution >= 4 is 28.7 Å². The van der Waals surface area contributed by atoms with Gasteiger partial charge < -0.3 is 5.32 Å². The van der Waals surface area contributed by atoms with Crippen LogP contribution in [0.1, 0.15) is 18.4 Å². The monoisotopic (exact) mass is 337 g/mol. The molecule has 4 rings (SSSR count). The molecule has 1 aliphatic carbocycles. The van der Waals surface area contributed by atoms with Gasteiger partial charge in [-0.05, 0) is 44.0 Å². The zero-order valence-electron chi connectivity index (χ0n) is 13.5. The van der Waals surface area contributed by atoms with E-state index >= 15 is 0 Å². The molecule has 0 saturated heterocycles. The Morgan fingerprint density at radius 1 is 1.21 bits per heavy atom. The van der Waals surface area contributed by atoms with Crippen molar-refractivity contribution in [3.63, 3.8) is 0 Å². The van der Waals surface area contributed by atoms with Gasteiger partial charge in [-0.2, -0.15) is 0 Å². The van der Waals surface area contributed by atoms with E-state index in [-0.39, 0.29) is 5.91 Å². The Kier molecular flexibility index (Phi) is 4.02. The molecule has 1 aliphatic rings. The summed E-state index contributed by atoms with van der Waals surface area (Å²) in [5.41, 5.74) is 4.30. The topological polar surface area (TPSA) is 46.9 Å². The van der Waals surface area contributed by atoms with Crippen LogP contribution in [-0.2, 0) is 4.79 Å². The van der Waals surface area contributed by atoms with Gasteiger partial charge in [0.25, 0.3) is 0 Å². The summed E-state index contributed by atoms with van der Waals surface area (Å²) in [5, 5.41) is 3.88. The molecule has 24 heavy (non-hydrogen) atoms. The minimum atomic E-state index is 0.0880. The average molecular weight is 337 g/mol. The number of rotatable bonds is 5. The number of carbonyl (C=O) groups is 1. The lowest BCUT2D eigenvalue weighted by Gasteiger charge is -2.09. The normalized spacial score (nSPS) is 14.0. The molecule has 0 aliphatic heterocycles. The van der Waals surface area contributed by atoms with E-state index in [9.17, 15) is 4.79 Å². The fourth-order valence-electron chi connectivity index (χ4n) is 2.67. The standard InChI is InChI=1S/C19H19N3OS/c1-13-6-10-15(11-7-13)22-17-5-3-2-4-16(17)21-19(22)24-12-18(23)20-14-8-9-14/h2-7,10-11,14H,8-9,12H2,1H3,(H,20,23). The van der Waals surface area contributed by atoms with E-state index in [1.807, 2.05) is 18.2 Å². The highest BCUT2D eigenvalue weighted by Crippen LogP contribution is 2.28. The van der Waals surface area contributed by atoms with Crippen molar-refractivity contribution in [1.29, 1.82) is 0 Å². The highest BCUT2D eigenvalue weighted by atomic mass is 32.2. The summed E-state index contributed by atoms with van der Waals surface area (Å²) in [4.78, 5) is 16.7. The molecule has 3 aromatic rings. The second-order valence-corrected chi connectivity index (χ2v) is 7.13. The molecule has 1 N–H and O–H groups in total. The lowest BCUT2D eigenvalue weighted by atomic mass is 10.2. The summed E-state index contributed by atoms with van der Waals surface area (Å²) in [5.74, 6) is 0.483. The maximum Gasteiger partial charge on any atom is 0.230 e. The molecule has 122 valence electrons. The van der Waals surface area contributed by atoms with E-state index in [0.29, 0.717) is 11.8 Å². The van der Waals surface area contributed by atoms with Gasteiger partial charge in [-0.25, -0.2) is 4.98 Å². The number of nitrogens with one attached hydrogen (secondary N) is 1. The van der Waals surface area contributed by atoms with Crippen LogP contribution in [0.2, 0.25) is 0 Å². The molecule has 0 atom stereocenters. The molecule has 0 spiro atoms. The quantitative estimate of drug-likeness (QED) is 0.722. The number of amides is 1. The maximum atomic E-state index is 12.0. The Bertz CT molecular complexity index is 881. The predicted molar refractivity (Wildman–Crippen MR) is 97.7 cm³/mol. The van der Waals surface area contributed by atoms with Crippen molar-refractivity contribution in [3.05, 3.63) is 54.1 Å². The van der Waals surface area contributed by atoms with Crippen LogP contribution in [0.25, 0.3) is 16.7 Å². The zero-order chi connectivity index (χ0) is 16.5. The smallest absolute Gasteiger partial charge is 0.230 e. The van der Waals surface area contributed by atoms with Crippen LogP contribution in [0, 0.1) is 6.92 Å². The van der Waals surface area contributed by atoms with Crippen LogP contribution >= 0.6 is 11.8 Å². The predicted octanol–water partition coefficient (Wildman–Crippen LogP) is 3.70. The molecule has 0 unspecified atom stereocenters. The number of hydrogen-bond donors (Lipinski definition) is 1. The zero-order valence-corrected chi connectivity index (χ0v) is 14.3. The molecular formula is C19H19N3OS. The molecule has 1 aromatic heterocycles. The van der Waals surface area contributed by atoms with Gasteiger partial charge >= 0.3 is 0 Å². The summed E-state index contributed by atoms with van der Waals surface area (Å²) in [7, 11) is 0. The van der Waals surface area contributed by atoms with Crippen molar-refractivity contribution in [2.24, 2.45) is 0 Å². The van der Waals surface area contributed by atoms with Gasteiger partial charge in [0.2, 0.25) is 5.91 Å². The Morgan fingerprint density at radius 3 is 2.71 bits per heavy atom. The number of nitrogens with zero attached hydrogens (tertiary/aromatic N) is 2. The highest BCUT2D eigenvalue weighted by Gasteiger charge is 2.23. The van der Waals surface area contributed by atoms with Crippen LogP contribution in [0.4, 0.5) is 0 Å². The van der Waals surface area contributed by atoms with E-state index < -0.39 is 0 Å². The number of aryl methyl sites for hydroxylation is 1. The molecule has 4 nitrogen and oxygen atoms in total. The number of imidazole rings is 1. The number of fused-ring (bicyclic) bond motifs is 1. The summed E-state index contributed by atoms with van der Waals surface area (Å²) >= 11 is 1.49. The molecule has 1 fully saturated rings. The second-order valence-electron chi connectivity index (χ2n) is 6.18. The summed E-state index contributed by atoms with van der Waals surface area (Å²) < 4.78 is 2.13. The largest absolute Gasteiger partial charge is 0.353 e. The van der Waals surface area contributed by atoms with E-state index in [2.05, 4.69) is 47.1 Å². The lowest BCUT2D eigenvalue weighted by molar-refractivity contribution is -0.118. The first-order valence-electron chi connectivity index (χ1n) is 8.17. The average Bonchev–Trinajstić information content (AvgIpc) is 3.32. The van der Waals surface area contributed by atoms with Crippen LogP contribution in [0.5, 0.6) is 0 Å². The summed E-state index contributed by atoms with van der Waals surface area (Å²) in [6, 6.07) is 16.9. The van der Waals surface area contributed by atoms with Crippen molar-refractivity contribution < 1.29 is 4.79 Å². The van der Waals surface area contributed by atoms with E-state index in [0.717, 1.165) is 34.7 Å². The Labute approximate surface area is 145 Å². The molecule has 1 heterocycles. The van der Waals surface area contributed by atoms with Crippen LogP contribution in [0.15, 0.2) is 53.7 Å². The lowest BCUT2D eigenvalue weighted by Crippen LogP contribution is -2.27. The fourth-order valence-corrected chi connectivity index (χ4v) is 3.51. The van der Waals surface area contributed by atoms with E-state index in [4.69, 9.17) is 4.98 Å². The first kappa shape index (κ1) is 15.3. The number of para-hydroxylation sites is 2. The maximum absolute atomic E-state index is 12.0. The van der Waals surface area contributed by atoms with Crippen molar-refractivity contribution in [3.8, 4) is 5.69 Å². The highest BCUT2D eigenvalue weighted by molar-refractivity contribution is 7.99. The van der Waals surface area contributed by atoms with Crippen LogP contribution < -0.4 is 5.32 Å². The van der Waals surface area contributed by atoms with E-state index in [1.54, 1.807) is 0 Å². The van der Waals surface area contributed by atoms with Crippen LogP contribution in [-0.4, -0.2) is 27.3 Å².